The molecule has 0 aliphatic carbocycles. The molecule has 2 heterocycles. The van der Waals surface area contributed by atoms with Crippen molar-refractivity contribution in [3.63, 3.8) is 0 Å². The molecule has 0 spiro atoms. The number of quaternary nitrogens is 1. The van der Waals surface area contributed by atoms with Gasteiger partial charge in [0.05, 0.1) is 26.3 Å². The van der Waals surface area contributed by atoms with Crippen molar-refractivity contribution in [3.05, 3.63) is 0 Å². The second-order valence-corrected chi connectivity index (χ2v) is 10.3. The average Bonchev–Trinajstić information content (AvgIpc) is 2.59. The summed E-state index contributed by atoms with van der Waals surface area (Å²) in [6.07, 6.45) is 0.791. The summed E-state index contributed by atoms with van der Waals surface area (Å²) in [5, 5.41) is 0. The first-order valence-electron chi connectivity index (χ1n) is 5.81. The molecule has 2 fully saturated rings. The van der Waals surface area contributed by atoms with Gasteiger partial charge in [0.25, 0.3) is 0 Å². The van der Waals surface area contributed by atoms with Crippen molar-refractivity contribution in [1.82, 2.24) is 0 Å². The standard InChI is InChI=1S/C10H20BNO2Si/c1-15(2,3)10-4-5-11-12(6-8-13-11)7-9-14-11/h12H,5-9H2,1-3H3. The van der Waals surface area contributed by atoms with Crippen LogP contribution in [0.4, 0.5) is 0 Å². The number of fused-ring (bicyclic) bond motifs is 1. The van der Waals surface area contributed by atoms with Crippen LogP contribution in [0.25, 0.3) is 0 Å². The molecule has 15 heavy (non-hydrogen) atoms. The Morgan fingerprint density at radius 3 is 2.33 bits per heavy atom. The molecule has 0 radical (unpaired) electrons. The minimum atomic E-state index is -1.25. The zero-order chi connectivity index (χ0) is 10.9. The smallest absolute Gasteiger partial charge is 0.482 e. The highest BCUT2D eigenvalue weighted by Gasteiger charge is 2.48. The van der Waals surface area contributed by atoms with Crippen molar-refractivity contribution in [3.8, 4) is 11.5 Å². The largest absolute Gasteiger partial charge is 0.509 e. The van der Waals surface area contributed by atoms with Gasteiger partial charge < -0.3 is 14.1 Å². The van der Waals surface area contributed by atoms with Gasteiger partial charge in [0.15, 0.2) is 0 Å². The van der Waals surface area contributed by atoms with E-state index in [2.05, 4.69) is 31.1 Å². The zero-order valence-electron chi connectivity index (χ0n) is 9.93. The molecule has 0 amide bonds. The van der Waals surface area contributed by atoms with E-state index in [1.54, 1.807) is 0 Å². The minimum Gasteiger partial charge on any atom is -0.509 e. The van der Waals surface area contributed by atoms with Gasteiger partial charge in [-0.15, -0.1) is 11.5 Å². The minimum absolute atomic E-state index is 0.791. The third-order valence-electron chi connectivity index (χ3n) is 3.08. The SMILES string of the molecule is C[Si](C)(C)C#CC[B-]12OCC[NH+]1CCO2. The number of nitrogens with one attached hydrogen (secondary N) is 1. The molecule has 0 bridgehead atoms. The zero-order valence-corrected chi connectivity index (χ0v) is 10.9. The van der Waals surface area contributed by atoms with Crippen LogP contribution in [-0.4, -0.2) is 41.1 Å². The number of hydrogen-bond donors (Lipinski definition) is 1. The topological polar surface area (TPSA) is 22.9 Å². The maximum absolute atomic E-state index is 5.80. The molecule has 2 saturated heterocycles. The van der Waals surface area contributed by atoms with Gasteiger partial charge in [-0.1, -0.05) is 19.6 Å². The van der Waals surface area contributed by atoms with Crippen LogP contribution in [-0.2, 0) is 9.31 Å². The third-order valence-corrected chi connectivity index (χ3v) is 4.00. The second-order valence-electron chi connectivity index (χ2n) is 5.53. The highest BCUT2D eigenvalue weighted by molar-refractivity contribution is 6.84. The summed E-state index contributed by atoms with van der Waals surface area (Å²) in [6.45, 7) is 9.56. The van der Waals surface area contributed by atoms with Crippen molar-refractivity contribution >= 4 is 14.8 Å². The van der Waals surface area contributed by atoms with Crippen molar-refractivity contribution in [1.29, 1.82) is 0 Å². The summed E-state index contributed by atoms with van der Waals surface area (Å²) in [5.74, 6) is 3.30. The fourth-order valence-electron chi connectivity index (χ4n) is 2.32. The first kappa shape index (κ1) is 11.2. The maximum atomic E-state index is 5.80. The van der Waals surface area contributed by atoms with Gasteiger partial charge in [-0.25, -0.2) is 0 Å². The van der Waals surface area contributed by atoms with Gasteiger partial charge in [-0.3, -0.25) is 0 Å². The highest BCUT2D eigenvalue weighted by Crippen LogP contribution is 2.13. The van der Waals surface area contributed by atoms with Gasteiger partial charge in [0, 0.05) is 6.32 Å². The van der Waals surface area contributed by atoms with Crippen LogP contribution in [0, 0.1) is 11.5 Å². The summed E-state index contributed by atoms with van der Waals surface area (Å²) < 4.78 is 11.6. The van der Waals surface area contributed by atoms with Crippen molar-refractivity contribution in [2.24, 2.45) is 0 Å². The molecule has 3 nitrogen and oxygen atoms in total. The lowest BCUT2D eigenvalue weighted by Gasteiger charge is -2.28. The highest BCUT2D eigenvalue weighted by atomic mass is 28.3. The number of rotatable bonds is 1. The molecule has 1 N–H and O–H groups in total. The molecular formula is C10H20BNO2Si. The average molecular weight is 225 g/mol. The molecule has 0 aromatic carbocycles. The van der Waals surface area contributed by atoms with E-state index in [0.717, 1.165) is 32.6 Å². The van der Waals surface area contributed by atoms with Crippen LogP contribution >= 0.6 is 0 Å². The molecule has 0 saturated carbocycles. The maximum Gasteiger partial charge on any atom is 0.482 e. The molecule has 0 unspecified atom stereocenters. The summed E-state index contributed by atoms with van der Waals surface area (Å²) in [6, 6.07) is 0. The lowest BCUT2D eigenvalue weighted by atomic mass is 9.68. The van der Waals surface area contributed by atoms with Crippen LogP contribution in [0.5, 0.6) is 0 Å². The van der Waals surface area contributed by atoms with Crippen LogP contribution in [0.3, 0.4) is 0 Å². The summed E-state index contributed by atoms with van der Waals surface area (Å²) >= 11 is 0. The Bertz CT molecular complexity index is 295. The van der Waals surface area contributed by atoms with Crippen LogP contribution < -0.4 is 4.81 Å². The molecular weight excluding hydrogens is 205 g/mol. The molecule has 2 rings (SSSR count). The summed E-state index contributed by atoms with van der Waals surface area (Å²) in [4.78, 5) is 1.49. The van der Waals surface area contributed by atoms with Crippen LogP contribution in [0.2, 0.25) is 26.0 Å². The molecule has 0 aromatic heterocycles. The van der Waals surface area contributed by atoms with Crippen LogP contribution in [0.15, 0.2) is 0 Å². The molecule has 0 atom stereocenters. The Hall–Kier alpha value is -0.278. The molecule has 2 aliphatic rings. The summed E-state index contributed by atoms with van der Waals surface area (Å²) in [5.41, 5.74) is 3.39. The Morgan fingerprint density at radius 1 is 1.20 bits per heavy atom. The van der Waals surface area contributed by atoms with E-state index in [4.69, 9.17) is 9.31 Å². The lowest BCUT2D eigenvalue weighted by Crippen LogP contribution is -3.19. The third kappa shape index (κ3) is 2.45. The monoisotopic (exact) mass is 225 g/mol. The normalized spacial score (nSPS) is 34.7. The quantitative estimate of drug-likeness (QED) is 0.491. The van der Waals surface area contributed by atoms with Gasteiger partial charge in [0.2, 0.25) is 0 Å². The summed E-state index contributed by atoms with van der Waals surface area (Å²) in [7, 11) is -1.25. The Balaban J connectivity index is 2.01. The van der Waals surface area contributed by atoms with E-state index in [0.29, 0.717) is 0 Å². The molecule has 84 valence electrons. The first-order chi connectivity index (χ1) is 7.02. The fourth-order valence-corrected chi connectivity index (χ4v) is 2.95. The van der Waals surface area contributed by atoms with Gasteiger partial charge in [-0.2, -0.15) is 0 Å². The molecule has 2 aliphatic heterocycles. The second kappa shape index (κ2) is 3.95. The van der Waals surface area contributed by atoms with Crippen molar-refractivity contribution < 1.29 is 14.1 Å². The lowest BCUT2D eigenvalue weighted by molar-refractivity contribution is -0.783. The van der Waals surface area contributed by atoms with Gasteiger partial charge in [-0.05, 0) is 0 Å². The van der Waals surface area contributed by atoms with Crippen LogP contribution in [0.1, 0.15) is 0 Å². The van der Waals surface area contributed by atoms with E-state index in [-0.39, 0.29) is 0 Å². The van der Waals surface area contributed by atoms with E-state index in [1.165, 1.54) is 4.81 Å². The fraction of sp³-hybridized carbons (Fsp3) is 0.800. The van der Waals surface area contributed by atoms with Gasteiger partial charge in [0.1, 0.15) is 8.07 Å². The van der Waals surface area contributed by atoms with Gasteiger partial charge >= 0.3 is 6.69 Å². The number of hydrogen-bond acceptors (Lipinski definition) is 2. The molecule has 0 aromatic rings. The van der Waals surface area contributed by atoms with Crippen molar-refractivity contribution in [2.45, 2.75) is 26.0 Å². The Morgan fingerprint density at radius 2 is 1.80 bits per heavy atom. The van der Waals surface area contributed by atoms with E-state index >= 15 is 0 Å². The van der Waals surface area contributed by atoms with E-state index in [1.807, 2.05) is 0 Å². The van der Waals surface area contributed by atoms with E-state index in [9.17, 15) is 0 Å². The van der Waals surface area contributed by atoms with Crippen molar-refractivity contribution in [2.75, 3.05) is 26.3 Å². The Kier molecular flexibility index (Phi) is 2.95. The first-order valence-corrected chi connectivity index (χ1v) is 9.31. The predicted octanol–water partition coefficient (Wildman–Crippen LogP) is -0.249. The Labute approximate surface area is 93.1 Å². The predicted molar refractivity (Wildman–Crippen MR) is 64.3 cm³/mol. The molecule has 5 heteroatoms. The van der Waals surface area contributed by atoms with E-state index < -0.39 is 14.8 Å².